The first-order valence-electron chi connectivity index (χ1n) is 6.03. The van der Waals surface area contributed by atoms with Gasteiger partial charge >= 0.3 is 0 Å². The van der Waals surface area contributed by atoms with Crippen LogP contribution in [-0.2, 0) is 10.8 Å². The molecule has 0 heterocycles. The van der Waals surface area contributed by atoms with Crippen molar-refractivity contribution in [1.29, 1.82) is 0 Å². The molecule has 1 aromatic carbocycles. The highest BCUT2D eigenvalue weighted by molar-refractivity contribution is 7.85. The van der Waals surface area contributed by atoms with Gasteiger partial charge in [0.1, 0.15) is 4.90 Å². The zero-order valence-corrected chi connectivity index (χ0v) is 10.8. The van der Waals surface area contributed by atoms with E-state index in [4.69, 9.17) is 0 Å². The molecule has 1 aliphatic rings. The highest BCUT2D eigenvalue weighted by Gasteiger charge is 2.20. The van der Waals surface area contributed by atoms with Crippen LogP contribution in [0.2, 0.25) is 0 Å². The number of hydrogen-bond donors (Lipinski definition) is 1. The summed E-state index contributed by atoms with van der Waals surface area (Å²) in [4.78, 5) is 10.7. The van der Waals surface area contributed by atoms with Crippen molar-refractivity contribution >= 4 is 16.5 Å². The van der Waals surface area contributed by atoms with Gasteiger partial charge in [-0.25, -0.2) is 0 Å². The number of nitro groups is 1. The van der Waals surface area contributed by atoms with E-state index in [1.165, 1.54) is 18.9 Å². The first-order valence-corrected chi connectivity index (χ1v) is 7.35. The number of nitrogens with zero attached hydrogens (tertiary/aromatic N) is 1. The molecule has 1 unspecified atom stereocenters. The zero-order valence-electron chi connectivity index (χ0n) is 10.0. The summed E-state index contributed by atoms with van der Waals surface area (Å²) in [5, 5.41) is 14.1. The quantitative estimate of drug-likeness (QED) is 0.465. The van der Waals surface area contributed by atoms with Gasteiger partial charge in [0.2, 0.25) is 0 Å². The first-order chi connectivity index (χ1) is 8.68. The monoisotopic (exact) mass is 268 g/mol. The summed E-state index contributed by atoms with van der Waals surface area (Å²) in [6.07, 6.45) is 3.23. The normalized spacial score (nSPS) is 16.4. The lowest BCUT2D eigenvalue weighted by Gasteiger charge is -2.04. The van der Waals surface area contributed by atoms with Gasteiger partial charge in [0.15, 0.2) is 0 Å². The van der Waals surface area contributed by atoms with Crippen LogP contribution in [0.5, 0.6) is 0 Å². The topological polar surface area (TPSA) is 72.2 Å². The zero-order chi connectivity index (χ0) is 13.0. The standard InChI is InChI=1S/C12H16N2O3S/c15-14(16)11-4-1-2-5-12(11)18(17)9-3-8-13-10-6-7-10/h1-2,4-5,10,13H,3,6-9H2. The van der Waals surface area contributed by atoms with Crippen molar-refractivity contribution in [3.8, 4) is 0 Å². The van der Waals surface area contributed by atoms with Crippen LogP contribution in [0.15, 0.2) is 29.2 Å². The molecule has 1 fully saturated rings. The predicted octanol–water partition coefficient (Wildman–Crippen LogP) is 1.84. The fourth-order valence-electron chi connectivity index (χ4n) is 1.71. The Morgan fingerprint density at radius 2 is 2.11 bits per heavy atom. The molecule has 2 rings (SSSR count). The number of benzene rings is 1. The molecule has 0 spiro atoms. The maximum absolute atomic E-state index is 12.0. The number of para-hydroxylation sites is 1. The van der Waals surface area contributed by atoms with E-state index in [1.807, 2.05) is 0 Å². The van der Waals surface area contributed by atoms with E-state index in [1.54, 1.807) is 18.2 Å². The fourth-order valence-corrected chi connectivity index (χ4v) is 2.94. The molecule has 0 radical (unpaired) electrons. The maximum Gasteiger partial charge on any atom is 0.285 e. The summed E-state index contributed by atoms with van der Waals surface area (Å²) in [5.74, 6) is 0.463. The van der Waals surface area contributed by atoms with Gasteiger partial charge < -0.3 is 5.32 Å². The van der Waals surface area contributed by atoms with Crippen LogP contribution < -0.4 is 5.32 Å². The molecule has 1 aliphatic carbocycles. The molecule has 5 nitrogen and oxygen atoms in total. The smallest absolute Gasteiger partial charge is 0.285 e. The van der Waals surface area contributed by atoms with Crippen molar-refractivity contribution in [1.82, 2.24) is 5.32 Å². The Hall–Kier alpha value is -1.27. The molecule has 1 aromatic rings. The average molecular weight is 268 g/mol. The van der Waals surface area contributed by atoms with Crippen molar-refractivity contribution in [3.05, 3.63) is 34.4 Å². The molecular formula is C12H16N2O3S. The van der Waals surface area contributed by atoms with Gasteiger partial charge in [-0.2, -0.15) is 0 Å². The van der Waals surface area contributed by atoms with E-state index >= 15 is 0 Å². The van der Waals surface area contributed by atoms with Gasteiger partial charge in [0.25, 0.3) is 5.69 Å². The molecule has 0 aliphatic heterocycles. The van der Waals surface area contributed by atoms with E-state index in [0.29, 0.717) is 16.7 Å². The number of nitrogens with one attached hydrogen (secondary N) is 1. The van der Waals surface area contributed by atoms with Crippen LogP contribution in [0, 0.1) is 10.1 Å². The van der Waals surface area contributed by atoms with Crippen molar-refractivity contribution in [2.24, 2.45) is 0 Å². The van der Waals surface area contributed by atoms with Gasteiger partial charge in [0, 0.05) is 17.9 Å². The molecule has 0 saturated heterocycles. The van der Waals surface area contributed by atoms with Gasteiger partial charge in [-0.05, 0) is 31.9 Å². The highest BCUT2D eigenvalue weighted by Crippen LogP contribution is 2.22. The minimum absolute atomic E-state index is 0.0500. The van der Waals surface area contributed by atoms with E-state index < -0.39 is 15.7 Å². The average Bonchev–Trinajstić information content (AvgIpc) is 3.18. The minimum Gasteiger partial charge on any atom is -0.314 e. The number of hydrogen-bond acceptors (Lipinski definition) is 4. The van der Waals surface area contributed by atoms with Crippen LogP contribution >= 0.6 is 0 Å². The Balaban J connectivity index is 1.88. The summed E-state index contributed by atoms with van der Waals surface area (Å²) < 4.78 is 12.0. The summed E-state index contributed by atoms with van der Waals surface area (Å²) in [6, 6.07) is 6.89. The molecule has 1 atom stereocenters. The molecule has 18 heavy (non-hydrogen) atoms. The Bertz CT molecular complexity index is 460. The van der Waals surface area contributed by atoms with E-state index in [-0.39, 0.29) is 5.69 Å². The Kier molecular flexibility index (Phi) is 4.43. The second kappa shape index (κ2) is 6.06. The van der Waals surface area contributed by atoms with Crippen LogP contribution in [0.1, 0.15) is 19.3 Å². The van der Waals surface area contributed by atoms with Gasteiger partial charge in [0.05, 0.1) is 15.7 Å². The predicted molar refractivity (Wildman–Crippen MR) is 70.0 cm³/mol. The van der Waals surface area contributed by atoms with Crippen molar-refractivity contribution in [2.45, 2.75) is 30.2 Å². The molecule has 98 valence electrons. The van der Waals surface area contributed by atoms with Crippen molar-refractivity contribution < 1.29 is 9.13 Å². The van der Waals surface area contributed by atoms with Gasteiger partial charge in [-0.3, -0.25) is 14.3 Å². The van der Waals surface area contributed by atoms with Crippen molar-refractivity contribution in [2.75, 3.05) is 12.3 Å². The summed E-state index contributed by atoms with van der Waals surface area (Å²) >= 11 is 0. The second-order valence-corrected chi connectivity index (χ2v) is 5.90. The summed E-state index contributed by atoms with van der Waals surface area (Å²) in [7, 11) is -1.29. The number of rotatable bonds is 7. The van der Waals surface area contributed by atoms with E-state index in [2.05, 4.69) is 5.32 Å². The largest absolute Gasteiger partial charge is 0.314 e. The van der Waals surface area contributed by atoms with Crippen LogP contribution in [0.4, 0.5) is 5.69 Å². The fraction of sp³-hybridized carbons (Fsp3) is 0.500. The molecule has 6 heteroatoms. The Morgan fingerprint density at radius 1 is 1.39 bits per heavy atom. The summed E-state index contributed by atoms with van der Waals surface area (Å²) in [5.41, 5.74) is -0.0500. The van der Waals surface area contributed by atoms with Crippen LogP contribution in [0.3, 0.4) is 0 Å². The molecule has 0 aromatic heterocycles. The lowest BCUT2D eigenvalue weighted by molar-refractivity contribution is -0.387. The minimum atomic E-state index is -1.29. The number of nitro benzene ring substituents is 1. The molecule has 1 N–H and O–H groups in total. The van der Waals surface area contributed by atoms with Crippen molar-refractivity contribution in [3.63, 3.8) is 0 Å². The molecular weight excluding hydrogens is 252 g/mol. The lowest BCUT2D eigenvalue weighted by Crippen LogP contribution is -2.19. The third-order valence-electron chi connectivity index (χ3n) is 2.82. The molecule has 0 bridgehead atoms. The third kappa shape index (κ3) is 3.61. The van der Waals surface area contributed by atoms with Gasteiger partial charge in [-0.1, -0.05) is 12.1 Å². The first kappa shape index (κ1) is 13.2. The maximum atomic E-state index is 12.0. The Labute approximate surface area is 108 Å². The van der Waals surface area contributed by atoms with Crippen LogP contribution in [-0.4, -0.2) is 27.5 Å². The molecule has 1 saturated carbocycles. The Morgan fingerprint density at radius 3 is 2.78 bits per heavy atom. The highest BCUT2D eigenvalue weighted by atomic mass is 32.2. The SMILES string of the molecule is O=[N+]([O-])c1ccccc1S(=O)CCCNC1CC1. The third-order valence-corrected chi connectivity index (χ3v) is 4.32. The second-order valence-electron chi connectivity index (χ2n) is 4.36. The molecule has 0 amide bonds. The van der Waals surface area contributed by atoms with E-state index in [0.717, 1.165) is 13.0 Å². The van der Waals surface area contributed by atoms with Gasteiger partial charge in [-0.15, -0.1) is 0 Å². The van der Waals surface area contributed by atoms with E-state index in [9.17, 15) is 14.3 Å². The van der Waals surface area contributed by atoms with Crippen LogP contribution in [0.25, 0.3) is 0 Å². The lowest BCUT2D eigenvalue weighted by atomic mass is 10.3. The summed E-state index contributed by atoms with van der Waals surface area (Å²) in [6.45, 7) is 0.830.